The van der Waals surface area contributed by atoms with Gasteiger partial charge in [-0.25, -0.2) is 0 Å². The van der Waals surface area contributed by atoms with Crippen molar-refractivity contribution in [2.75, 3.05) is 5.75 Å². The third kappa shape index (κ3) is 1.33. The molecule has 1 aliphatic heterocycles. The fourth-order valence-electron chi connectivity index (χ4n) is 1.21. The van der Waals surface area contributed by atoms with Gasteiger partial charge in [-0.15, -0.1) is 23.1 Å². The summed E-state index contributed by atoms with van der Waals surface area (Å²) >= 11 is 2.80. The topological polar surface area (TPSA) is 60.2 Å². The number of carbonyl (C=O) groups excluding carboxylic acids is 2. The number of nitrogens with two attached hydrogens (primary N) is 1. The minimum atomic E-state index is -0.411. The lowest BCUT2D eigenvalue weighted by Gasteiger charge is -2.16. The molecule has 2 heterocycles. The lowest BCUT2D eigenvalue weighted by molar-refractivity contribution is 0.0965. The van der Waals surface area contributed by atoms with Crippen LogP contribution in [0.3, 0.4) is 0 Å². The molecule has 5 heteroatoms. The SMILES string of the molecule is NC1CSc2c(csc2C=O)C1=O. The molecule has 1 aromatic rings. The summed E-state index contributed by atoms with van der Waals surface area (Å²) in [7, 11) is 0. The average molecular weight is 213 g/mol. The molecule has 0 fully saturated rings. The van der Waals surface area contributed by atoms with Crippen molar-refractivity contribution in [2.45, 2.75) is 10.9 Å². The van der Waals surface area contributed by atoms with Gasteiger partial charge in [0.05, 0.1) is 10.9 Å². The van der Waals surface area contributed by atoms with Gasteiger partial charge < -0.3 is 5.73 Å². The predicted molar refractivity (Wildman–Crippen MR) is 52.7 cm³/mol. The van der Waals surface area contributed by atoms with Crippen LogP contribution in [0.25, 0.3) is 0 Å². The van der Waals surface area contributed by atoms with Gasteiger partial charge >= 0.3 is 0 Å². The van der Waals surface area contributed by atoms with E-state index in [-0.39, 0.29) is 5.78 Å². The molecule has 2 N–H and O–H groups in total. The highest BCUT2D eigenvalue weighted by Gasteiger charge is 2.27. The summed E-state index contributed by atoms with van der Waals surface area (Å²) in [6, 6.07) is -0.411. The van der Waals surface area contributed by atoms with E-state index in [4.69, 9.17) is 5.73 Å². The van der Waals surface area contributed by atoms with Crippen LogP contribution in [-0.2, 0) is 0 Å². The lowest BCUT2D eigenvalue weighted by Crippen LogP contribution is -2.35. The van der Waals surface area contributed by atoms with Crippen molar-refractivity contribution in [2.24, 2.45) is 5.73 Å². The van der Waals surface area contributed by atoms with Gasteiger partial charge in [-0.1, -0.05) is 0 Å². The van der Waals surface area contributed by atoms with Gasteiger partial charge in [-0.3, -0.25) is 9.59 Å². The van der Waals surface area contributed by atoms with E-state index in [1.807, 2.05) is 0 Å². The number of ketones is 1. The van der Waals surface area contributed by atoms with Gasteiger partial charge in [0.1, 0.15) is 0 Å². The van der Waals surface area contributed by atoms with Crippen molar-refractivity contribution in [3.05, 3.63) is 15.8 Å². The largest absolute Gasteiger partial charge is 0.321 e. The van der Waals surface area contributed by atoms with Gasteiger partial charge in [0.2, 0.25) is 0 Å². The Bertz CT molecular complexity index is 372. The number of hydrogen-bond donors (Lipinski definition) is 1. The van der Waals surface area contributed by atoms with Crippen LogP contribution in [0.2, 0.25) is 0 Å². The highest BCUT2D eigenvalue weighted by molar-refractivity contribution is 7.99. The van der Waals surface area contributed by atoms with E-state index in [2.05, 4.69) is 0 Å². The molecule has 1 atom stereocenters. The molecular formula is C8H7NO2S2. The van der Waals surface area contributed by atoms with Crippen LogP contribution < -0.4 is 5.73 Å². The van der Waals surface area contributed by atoms with Crippen LogP contribution in [0.15, 0.2) is 10.3 Å². The second-order valence-corrected chi connectivity index (χ2v) is 4.68. The van der Waals surface area contributed by atoms with Crippen LogP contribution >= 0.6 is 23.1 Å². The maximum atomic E-state index is 11.5. The predicted octanol–water partition coefficient (Wildman–Crippen LogP) is 1.18. The Labute approximate surface area is 83.3 Å². The van der Waals surface area contributed by atoms with Crippen LogP contribution in [0.1, 0.15) is 20.0 Å². The molecule has 0 spiro atoms. The molecule has 0 aromatic carbocycles. The molecule has 1 aromatic heterocycles. The Morgan fingerprint density at radius 1 is 1.62 bits per heavy atom. The number of thioether (sulfide) groups is 1. The van der Waals surface area contributed by atoms with E-state index >= 15 is 0 Å². The van der Waals surface area contributed by atoms with Gasteiger partial charge in [-0.05, 0) is 0 Å². The molecule has 0 saturated carbocycles. The van der Waals surface area contributed by atoms with E-state index in [1.54, 1.807) is 5.38 Å². The Kier molecular flexibility index (Phi) is 2.23. The highest BCUT2D eigenvalue weighted by Crippen LogP contribution is 2.35. The fraction of sp³-hybridized carbons (Fsp3) is 0.250. The molecule has 1 unspecified atom stereocenters. The number of fused-ring (bicyclic) bond motifs is 1. The van der Waals surface area contributed by atoms with Crippen molar-refractivity contribution in [3.63, 3.8) is 0 Å². The van der Waals surface area contributed by atoms with Crippen molar-refractivity contribution in [1.29, 1.82) is 0 Å². The second kappa shape index (κ2) is 3.25. The fourth-order valence-corrected chi connectivity index (χ4v) is 3.36. The quantitative estimate of drug-likeness (QED) is 0.711. The van der Waals surface area contributed by atoms with Crippen LogP contribution in [0, 0.1) is 0 Å². The molecule has 0 aliphatic carbocycles. The van der Waals surface area contributed by atoms with E-state index in [0.29, 0.717) is 16.2 Å². The zero-order valence-electron chi connectivity index (χ0n) is 6.65. The summed E-state index contributed by atoms with van der Waals surface area (Å²) in [4.78, 5) is 23.5. The van der Waals surface area contributed by atoms with E-state index in [0.717, 1.165) is 11.2 Å². The normalized spacial score (nSPS) is 21.3. The maximum Gasteiger partial charge on any atom is 0.182 e. The number of Topliss-reactive ketones (excluding diaryl/α,β-unsaturated/α-hetero) is 1. The summed E-state index contributed by atoms with van der Waals surface area (Å²) < 4.78 is 0. The molecule has 0 radical (unpaired) electrons. The van der Waals surface area contributed by atoms with Gasteiger partial charge in [0, 0.05) is 21.6 Å². The first-order valence-electron chi connectivity index (χ1n) is 3.73. The Morgan fingerprint density at radius 3 is 3.08 bits per heavy atom. The standard InChI is InChI=1S/C8H7NO2S2/c9-5-3-13-8-4(7(5)11)2-12-6(8)1-10/h1-2,5H,3,9H2. The molecular weight excluding hydrogens is 206 g/mol. The first kappa shape index (κ1) is 8.93. The summed E-state index contributed by atoms with van der Waals surface area (Å²) in [5, 5.41) is 1.72. The van der Waals surface area contributed by atoms with Crippen LogP contribution in [0.5, 0.6) is 0 Å². The first-order chi connectivity index (χ1) is 6.24. The zero-order valence-corrected chi connectivity index (χ0v) is 8.28. The van der Waals surface area contributed by atoms with Gasteiger partial charge in [0.25, 0.3) is 0 Å². The third-order valence-electron chi connectivity index (χ3n) is 1.89. The van der Waals surface area contributed by atoms with Crippen LogP contribution in [0.4, 0.5) is 0 Å². The third-order valence-corrected chi connectivity index (χ3v) is 4.18. The molecule has 0 bridgehead atoms. The molecule has 13 heavy (non-hydrogen) atoms. The first-order valence-corrected chi connectivity index (χ1v) is 5.60. The molecule has 3 nitrogen and oxygen atoms in total. The van der Waals surface area contributed by atoms with Crippen molar-refractivity contribution in [3.8, 4) is 0 Å². The Hall–Kier alpha value is -0.650. The number of rotatable bonds is 1. The summed E-state index contributed by atoms with van der Waals surface area (Å²) in [5.41, 5.74) is 6.21. The van der Waals surface area contributed by atoms with Crippen LogP contribution in [-0.4, -0.2) is 23.9 Å². The number of carbonyl (C=O) groups is 2. The minimum Gasteiger partial charge on any atom is -0.321 e. The van der Waals surface area contributed by atoms with E-state index in [9.17, 15) is 9.59 Å². The lowest BCUT2D eigenvalue weighted by atomic mass is 10.1. The van der Waals surface area contributed by atoms with Crippen molar-refractivity contribution < 1.29 is 9.59 Å². The van der Waals surface area contributed by atoms with Gasteiger partial charge in [0.15, 0.2) is 12.1 Å². The number of thiophene rings is 1. The summed E-state index contributed by atoms with van der Waals surface area (Å²) in [6.45, 7) is 0. The molecule has 68 valence electrons. The molecule has 0 amide bonds. The molecule has 1 aliphatic rings. The van der Waals surface area contributed by atoms with Gasteiger partial charge in [-0.2, -0.15) is 0 Å². The Morgan fingerprint density at radius 2 is 2.38 bits per heavy atom. The highest BCUT2D eigenvalue weighted by atomic mass is 32.2. The van der Waals surface area contributed by atoms with Crippen molar-refractivity contribution in [1.82, 2.24) is 0 Å². The number of aldehydes is 1. The second-order valence-electron chi connectivity index (χ2n) is 2.74. The molecule has 0 saturated heterocycles. The summed E-state index contributed by atoms with van der Waals surface area (Å²) in [5.74, 6) is 0.529. The minimum absolute atomic E-state index is 0.0434. The smallest absolute Gasteiger partial charge is 0.182 e. The zero-order chi connectivity index (χ0) is 9.42. The molecule has 2 rings (SSSR count). The maximum absolute atomic E-state index is 11.5. The monoisotopic (exact) mass is 213 g/mol. The van der Waals surface area contributed by atoms with E-state index in [1.165, 1.54) is 23.1 Å². The van der Waals surface area contributed by atoms with E-state index < -0.39 is 6.04 Å². The Balaban J connectivity index is 2.51. The summed E-state index contributed by atoms with van der Waals surface area (Å²) in [6.07, 6.45) is 0.792. The average Bonchev–Trinajstić information content (AvgIpc) is 2.55. The van der Waals surface area contributed by atoms with Crippen molar-refractivity contribution >= 4 is 35.2 Å². The number of hydrogen-bond acceptors (Lipinski definition) is 5.